The summed E-state index contributed by atoms with van der Waals surface area (Å²) >= 11 is 0. The second kappa shape index (κ2) is 4.55. The van der Waals surface area contributed by atoms with Gasteiger partial charge in [0.25, 0.3) is 0 Å². The van der Waals surface area contributed by atoms with Gasteiger partial charge in [0.15, 0.2) is 0 Å². The Balaban J connectivity index is 2.26. The second-order valence-corrected chi connectivity index (χ2v) is 5.16. The molecule has 5 nitrogen and oxygen atoms in total. The lowest BCUT2D eigenvalue weighted by molar-refractivity contribution is -0.155. The molecule has 1 aliphatic heterocycles. The van der Waals surface area contributed by atoms with Gasteiger partial charge in [0, 0.05) is 6.54 Å². The molecule has 96 valence electrons. The fourth-order valence-electron chi connectivity index (χ4n) is 3.02. The maximum absolute atomic E-state index is 11.8. The lowest BCUT2D eigenvalue weighted by Gasteiger charge is -2.45. The Morgan fingerprint density at radius 3 is 2.88 bits per heavy atom. The van der Waals surface area contributed by atoms with Gasteiger partial charge in [-0.3, -0.25) is 4.90 Å². The average molecular weight is 241 g/mol. The number of rotatable bonds is 2. The molecular weight excluding hydrogens is 222 g/mol. The molecular formula is C12H19NO4. The number of hydrogen-bond acceptors (Lipinski definition) is 3. The number of aliphatic carboxylic acids is 1. The van der Waals surface area contributed by atoms with Crippen LogP contribution >= 0.6 is 0 Å². The largest absolute Gasteiger partial charge is 0.479 e. The minimum Gasteiger partial charge on any atom is -0.479 e. The summed E-state index contributed by atoms with van der Waals surface area (Å²) < 4.78 is 4.98. The molecule has 0 aromatic rings. The van der Waals surface area contributed by atoms with Crippen molar-refractivity contribution in [3.05, 3.63) is 0 Å². The van der Waals surface area contributed by atoms with Crippen molar-refractivity contribution in [2.75, 3.05) is 13.2 Å². The van der Waals surface area contributed by atoms with Gasteiger partial charge in [-0.25, -0.2) is 9.59 Å². The highest BCUT2D eigenvalue weighted by atomic mass is 16.6. The van der Waals surface area contributed by atoms with Crippen LogP contribution in [0.25, 0.3) is 0 Å². The third-order valence-electron chi connectivity index (χ3n) is 3.86. The van der Waals surface area contributed by atoms with Crippen molar-refractivity contribution in [2.45, 2.75) is 44.6 Å². The van der Waals surface area contributed by atoms with Crippen molar-refractivity contribution in [1.82, 2.24) is 4.90 Å². The van der Waals surface area contributed by atoms with Crippen molar-refractivity contribution < 1.29 is 19.4 Å². The van der Waals surface area contributed by atoms with Crippen molar-refractivity contribution in [1.29, 1.82) is 0 Å². The number of carbonyl (C=O) groups is 2. The Kier molecular flexibility index (Phi) is 3.26. The highest BCUT2D eigenvalue weighted by Gasteiger charge is 2.50. The summed E-state index contributed by atoms with van der Waals surface area (Å²) in [6, 6.07) is 0. The molecule has 1 heterocycles. The van der Waals surface area contributed by atoms with Crippen LogP contribution in [0.15, 0.2) is 0 Å². The first-order valence-corrected chi connectivity index (χ1v) is 6.24. The van der Waals surface area contributed by atoms with Gasteiger partial charge in [0.2, 0.25) is 0 Å². The Labute approximate surface area is 101 Å². The standard InChI is InChI=1S/C12H19NO4/c1-9-4-2-5-12(8-9,10(14)15)13-6-3-7-17-11(13)16/h9H,2-8H2,1H3,(H,14,15). The topological polar surface area (TPSA) is 66.8 Å². The smallest absolute Gasteiger partial charge is 0.410 e. The number of carboxylic acids is 1. The molecule has 2 rings (SSSR count). The summed E-state index contributed by atoms with van der Waals surface area (Å²) in [5, 5.41) is 9.53. The molecule has 1 N–H and O–H groups in total. The number of amides is 1. The summed E-state index contributed by atoms with van der Waals surface area (Å²) in [5.41, 5.74) is -1.03. The highest BCUT2D eigenvalue weighted by molar-refractivity contribution is 5.84. The Hall–Kier alpha value is -1.26. The molecule has 1 aliphatic carbocycles. The van der Waals surface area contributed by atoms with Crippen molar-refractivity contribution in [3.8, 4) is 0 Å². The molecule has 2 fully saturated rings. The van der Waals surface area contributed by atoms with Crippen LogP contribution in [0.5, 0.6) is 0 Å². The summed E-state index contributed by atoms with van der Waals surface area (Å²) in [6.45, 7) is 2.95. The third kappa shape index (κ3) is 2.10. The molecule has 2 aliphatic rings. The van der Waals surface area contributed by atoms with E-state index in [1.807, 2.05) is 6.92 Å². The number of carboxylic acid groups (broad SMARTS) is 1. The van der Waals surface area contributed by atoms with E-state index in [9.17, 15) is 14.7 Å². The second-order valence-electron chi connectivity index (χ2n) is 5.16. The summed E-state index contributed by atoms with van der Waals surface area (Å²) in [6.07, 6.45) is 3.23. The number of carbonyl (C=O) groups excluding carboxylic acids is 1. The first-order chi connectivity index (χ1) is 8.06. The van der Waals surface area contributed by atoms with E-state index in [4.69, 9.17) is 4.74 Å². The maximum Gasteiger partial charge on any atom is 0.410 e. The van der Waals surface area contributed by atoms with Gasteiger partial charge in [-0.1, -0.05) is 19.8 Å². The predicted molar refractivity (Wildman–Crippen MR) is 60.7 cm³/mol. The summed E-state index contributed by atoms with van der Waals surface area (Å²) in [4.78, 5) is 24.8. The first kappa shape index (κ1) is 12.2. The zero-order valence-corrected chi connectivity index (χ0v) is 10.1. The highest BCUT2D eigenvalue weighted by Crippen LogP contribution is 2.38. The predicted octanol–water partition coefficient (Wildman–Crippen LogP) is 1.86. The molecule has 0 spiro atoms. The fraction of sp³-hybridized carbons (Fsp3) is 0.833. The average Bonchev–Trinajstić information content (AvgIpc) is 2.29. The van der Waals surface area contributed by atoms with Crippen LogP contribution < -0.4 is 0 Å². The van der Waals surface area contributed by atoms with E-state index in [1.54, 1.807) is 0 Å². The SMILES string of the molecule is CC1CCCC(C(=O)O)(N2CCCOC2=O)C1. The van der Waals surface area contributed by atoms with Gasteiger partial charge in [-0.15, -0.1) is 0 Å². The van der Waals surface area contributed by atoms with Gasteiger partial charge in [-0.2, -0.15) is 0 Å². The minimum absolute atomic E-state index is 0.342. The number of ether oxygens (including phenoxy) is 1. The molecule has 1 amide bonds. The van der Waals surface area contributed by atoms with E-state index >= 15 is 0 Å². The van der Waals surface area contributed by atoms with E-state index in [1.165, 1.54) is 4.90 Å². The molecule has 1 saturated heterocycles. The van der Waals surface area contributed by atoms with E-state index in [2.05, 4.69) is 0 Å². The lowest BCUT2D eigenvalue weighted by Crippen LogP contribution is -2.60. The Morgan fingerprint density at radius 2 is 2.29 bits per heavy atom. The molecule has 0 radical (unpaired) electrons. The quantitative estimate of drug-likeness (QED) is 0.801. The van der Waals surface area contributed by atoms with E-state index in [0.29, 0.717) is 31.9 Å². The normalized spacial score (nSPS) is 34.3. The van der Waals surface area contributed by atoms with Gasteiger partial charge in [0.1, 0.15) is 5.54 Å². The van der Waals surface area contributed by atoms with Crippen LogP contribution in [0.4, 0.5) is 4.79 Å². The van der Waals surface area contributed by atoms with Crippen LogP contribution in [-0.2, 0) is 9.53 Å². The van der Waals surface area contributed by atoms with Crippen molar-refractivity contribution >= 4 is 12.1 Å². The molecule has 5 heteroatoms. The first-order valence-electron chi connectivity index (χ1n) is 6.24. The molecule has 0 aromatic heterocycles. The molecule has 2 unspecified atom stereocenters. The number of cyclic esters (lactones) is 1. The lowest BCUT2D eigenvalue weighted by atomic mass is 9.75. The summed E-state index contributed by atoms with van der Waals surface area (Å²) in [7, 11) is 0. The molecule has 1 saturated carbocycles. The van der Waals surface area contributed by atoms with Crippen LogP contribution in [0.2, 0.25) is 0 Å². The maximum atomic E-state index is 11.8. The van der Waals surface area contributed by atoms with Crippen LogP contribution in [0.3, 0.4) is 0 Å². The van der Waals surface area contributed by atoms with Crippen molar-refractivity contribution in [2.24, 2.45) is 5.92 Å². The van der Waals surface area contributed by atoms with E-state index in [-0.39, 0.29) is 0 Å². The van der Waals surface area contributed by atoms with E-state index in [0.717, 1.165) is 19.3 Å². The third-order valence-corrected chi connectivity index (χ3v) is 3.86. The van der Waals surface area contributed by atoms with Gasteiger partial charge >= 0.3 is 12.1 Å². The number of nitrogens with zero attached hydrogens (tertiary/aromatic N) is 1. The van der Waals surface area contributed by atoms with Crippen LogP contribution in [0, 0.1) is 5.92 Å². The van der Waals surface area contributed by atoms with Gasteiger partial charge in [-0.05, 0) is 25.2 Å². The molecule has 0 aromatic carbocycles. The molecule has 17 heavy (non-hydrogen) atoms. The number of hydrogen-bond donors (Lipinski definition) is 1. The van der Waals surface area contributed by atoms with Gasteiger partial charge < -0.3 is 9.84 Å². The fourth-order valence-corrected chi connectivity index (χ4v) is 3.02. The zero-order chi connectivity index (χ0) is 12.5. The van der Waals surface area contributed by atoms with Gasteiger partial charge in [0.05, 0.1) is 6.61 Å². The molecule has 2 atom stereocenters. The molecule has 0 bridgehead atoms. The summed E-state index contributed by atoms with van der Waals surface area (Å²) in [5.74, 6) is -0.544. The Bertz CT molecular complexity index is 330. The van der Waals surface area contributed by atoms with Crippen LogP contribution in [-0.4, -0.2) is 40.8 Å². The van der Waals surface area contributed by atoms with E-state index < -0.39 is 17.6 Å². The zero-order valence-electron chi connectivity index (χ0n) is 10.1. The monoisotopic (exact) mass is 241 g/mol. The minimum atomic E-state index is -1.03. The van der Waals surface area contributed by atoms with Crippen LogP contribution in [0.1, 0.15) is 39.0 Å². The van der Waals surface area contributed by atoms with Crippen molar-refractivity contribution in [3.63, 3.8) is 0 Å². The Morgan fingerprint density at radius 1 is 1.53 bits per heavy atom.